The molecule has 2 amide bonds. The molecule has 1 heterocycles. The van der Waals surface area contributed by atoms with Gasteiger partial charge in [0.2, 0.25) is 0 Å². The zero-order valence-corrected chi connectivity index (χ0v) is 9.72. The summed E-state index contributed by atoms with van der Waals surface area (Å²) in [7, 11) is 1.50. The van der Waals surface area contributed by atoms with E-state index in [2.05, 4.69) is 0 Å². The van der Waals surface area contributed by atoms with Crippen LogP contribution in [0.25, 0.3) is 0 Å². The van der Waals surface area contributed by atoms with Crippen LogP contribution in [0.1, 0.15) is 19.8 Å². The number of hydrogen-bond acceptors (Lipinski definition) is 3. The molecule has 6 nitrogen and oxygen atoms in total. The predicted octanol–water partition coefficient (Wildman–Crippen LogP) is -0.0656. The molecule has 0 spiro atoms. The highest BCUT2D eigenvalue weighted by molar-refractivity contribution is 5.82. The summed E-state index contributed by atoms with van der Waals surface area (Å²) in [6.07, 6.45) is 1.80. The summed E-state index contributed by atoms with van der Waals surface area (Å²) in [4.78, 5) is 25.5. The summed E-state index contributed by atoms with van der Waals surface area (Å²) in [6, 6.07) is -1.07. The third kappa shape index (κ3) is 2.85. The molecule has 0 aromatic carbocycles. The standard InChI is InChI=1S/C10H19N3O3/c1-7(9(14)15)12(2)10(16)13-5-3-4-8(11)6-13/h7-8H,3-6,11H2,1-2H3,(H,14,15). The second-order valence-corrected chi connectivity index (χ2v) is 4.26. The van der Waals surface area contributed by atoms with Gasteiger partial charge in [0, 0.05) is 26.2 Å². The molecule has 0 radical (unpaired) electrons. The Morgan fingerprint density at radius 2 is 2.19 bits per heavy atom. The molecule has 16 heavy (non-hydrogen) atoms. The van der Waals surface area contributed by atoms with Gasteiger partial charge in [-0.3, -0.25) is 0 Å². The minimum atomic E-state index is -1.00. The van der Waals surface area contributed by atoms with E-state index in [1.165, 1.54) is 18.9 Å². The fourth-order valence-corrected chi connectivity index (χ4v) is 1.74. The first kappa shape index (κ1) is 12.8. The molecule has 6 heteroatoms. The van der Waals surface area contributed by atoms with Gasteiger partial charge in [0.15, 0.2) is 0 Å². The highest BCUT2D eigenvalue weighted by Crippen LogP contribution is 2.11. The van der Waals surface area contributed by atoms with E-state index in [0.717, 1.165) is 12.8 Å². The van der Waals surface area contributed by atoms with Gasteiger partial charge in [0.05, 0.1) is 0 Å². The maximum Gasteiger partial charge on any atom is 0.326 e. The summed E-state index contributed by atoms with van der Waals surface area (Å²) in [5.74, 6) is -1.00. The Bertz CT molecular complexity index is 282. The molecule has 2 unspecified atom stereocenters. The first-order chi connectivity index (χ1) is 7.43. The number of carbonyl (C=O) groups excluding carboxylic acids is 1. The van der Waals surface area contributed by atoms with Crippen molar-refractivity contribution in [2.24, 2.45) is 5.73 Å². The SMILES string of the molecule is CC(C(=O)O)N(C)C(=O)N1CCCC(N)C1. The normalized spacial score (nSPS) is 22.7. The number of nitrogens with zero attached hydrogens (tertiary/aromatic N) is 2. The van der Waals surface area contributed by atoms with Gasteiger partial charge in [-0.2, -0.15) is 0 Å². The summed E-state index contributed by atoms with van der Waals surface area (Å²) in [6.45, 7) is 2.66. The van der Waals surface area contributed by atoms with Crippen molar-refractivity contribution in [2.75, 3.05) is 20.1 Å². The average Bonchev–Trinajstić information content (AvgIpc) is 2.26. The van der Waals surface area contributed by atoms with Gasteiger partial charge in [-0.1, -0.05) is 0 Å². The van der Waals surface area contributed by atoms with E-state index in [9.17, 15) is 9.59 Å². The lowest BCUT2D eigenvalue weighted by Crippen LogP contribution is -2.53. The van der Waals surface area contributed by atoms with Crippen LogP contribution >= 0.6 is 0 Å². The molecule has 3 N–H and O–H groups in total. The lowest BCUT2D eigenvalue weighted by molar-refractivity contribution is -0.141. The first-order valence-corrected chi connectivity index (χ1v) is 5.43. The number of carbonyl (C=O) groups is 2. The van der Waals surface area contributed by atoms with Crippen LogP contribution in [-0.4, -0.2) is 59.1 Å². The van der Waals surface area contributed by atoms with E-state index in [4.69, 9.17) is 10.8 Å². The Balaban J connectivity index is 2.59. The van der Waals surface area contributed by atoms with Crippen LogP contribution in [0.3, 0.4) is 0 Å². The number of carboxylic acids is 1. The second-order valence-electron chi connectivity index (χ2n) is 4.26. The van der Waals surface area contributed by atoms with Crippen LogP contribution in [-0.2, 0) is 4.79 Å². The van der Waals surface area contributed by atoms with Crippen molar-refractivity contribution >= 4 is 12.0 Å². The molecule has 1 aliphatic rings. The van der Waals surface area contributed by atoms with E-state index in [-0.39, 0.29) is 12.1 Å². The Hall–Kier alpha value is -1.30. The molecular formula is C10H19N3O3. The van der Waals surface area contributed by atoms with Crippen LogP contribution < -0.4 is 5.73 Å². The maximum atomic E-state index is 11.9. The number of amides is 2. The zero-order chi connectivity index (χ0) is 12.3. The smallest absolute Gasteiger partial charge is 0.326 e. The molecule has 92 valence electrons. The molecule has 0 saturated carbocycles. The van der Waals surface area contributed by atoms with Gasteiger partial charge in [0.1, 0.15) is 6.04 Å². The number of likely N-dealkylation sites (N-methyl/N-ethyl adjacent to an activating group) is 1. The van der Waals surface area contributed by atoms with E-state index in [0.29, 0.717) is 13.1 Å². The van der Waals surface area contributed by atoms with Crippen molar-refractivity contribution in [3.05, 3.63) is 0 Å². The van der Waals surface area contributed by atoms with Gasteiger partial charge in [-0.15, -0.1) is 0 Å². The Labute approximate surface area is 95.0 Å². The first-order valence-electron chi connectivity index (χ1n) is 5.43. The Kier molecular flexibility index (Phi) is 4.12. The van der Waals surface area contributed by atoms with Gasteiger partial charge >= 0.3 is 12.0 Å². The van der Waals surface area contributed by atoms with Gasteiger partial charge in [-0.05, 0) is 19.8 Å². The number of likely N-dealkylation sites (tertiary alicyclic amines) is 1. The molecule has 1 fully saturated rings. The highest BCUT2D eigenvalue weighted by Gasteiger charge is 2.28. The Morgan fingerprint density at radius 1 is 1.56 bits per heavy atom. The number of rotatable bonds is 2. The summed E-state index contributed by atoms with van der Waals surface area (Å²) in [5.41, 5.74) is 5.77. The monoisotopic (exact) mass is 229 g/mol. The van der Waals surface area contributed by atoms with E-state index in [1.54, 1.807) is 4.90 Å². The maximum absolute atomic E-state index is 11.9. The minimum Gasteiger partial charge on any atom is -0.480 e. The molecular weight excluding hydrogens is 210 g/mol. The fraction of sp³-hybridized carbons (Fsp3) is 0.800. The van der Waals surface area contributed by atoms with Crippen LogP contribution in [0.4, 0.5) is 4.79 Å². The number of piperidine rings is 1. The summed E-state index contributed by atoms with van der Waals surface area (Å²) < 4.78 is 0. The highest BCUT2D eigenvalue weighted by atomic mass is 16.4. The molecule has 0 aromatic rings. The number of hydrogen-bond donors (Lipinski definition) is 2. The van der Waals surface area contributed by atoms with Crippen LogP contribution in [0.2, 0.25) is 0 Å². The topological polar surface area (TPSA) is 86.9 Å². The Morgan fingerprint density at radius 3 is 2.69 bits per heavy atom. The third-order valence-electron chi connectivity index (χ3n) is 2.97. The summed E-state index contributed by atoms with van der Waals surface area (Å²) >= 11 is 0. The quantitative estimate of drug-likeness (QED) is 0.694. The number of carboxylic acid groups (broad SMARTS) is 1. The van der Waals surface area contributed by atoms with Crippen molar-refractivity contribution in [1.82, 2.24) is 9.80 Å². The van der Waals surface area contributed by atoms with Crippen LogP contribution in [0, 0.1) is 0 Å². The van der Waals surface area contributed by atoms with Crippen molar-refractivity contribution in [1.29, 1.82) is 0 Å². The predicted molar refractivity (Wildman–Crippen MR) is 59.0 cm³/mol. The van der Waals surface area contributed by atoms with Crippen LogP contribution in [0.15, 0.2) is 0 Å². The molecule has 1 saturated heterocycles. The lowest BCUT2D eigenvalue weighted by Gasteiger charge is -2.35. The van der Waals surface area contributed by atoms with Crippen molar-refractivity contribution < 1.29 is 14.7 Å². The number of urea groups is 1. The molecule has 2 atom stereocenters. The molecule has 0 bridgehead atoms. The van der Waals surface area contributed by atoms with Crippen LogP contribution in [0.5, 0.6) is 0 Å². The van der Waals surface area contributed by atoms with Gasteiger partial charge in [0.25, 0.3) is 0 Å². The van der Waals surface area contributed by atoms with E-state index in [1.807, 2.05) is 0 Å². The van der Waals surface area contributed by atoms with Crippen molar-refractivity contribution in [2.45, 2.75) is 31.8 Å². The second kappa shape index (κ2) is 5.16. The lowest BCUT2D eigenvalue weighted by atomic mass is 10.1. The largest absolute Gasteiger partial charge is 0.480 e. The molecule has 0 aromatic heterocycles. The number of aliphatic carboxylic acids is 1. The fourth-order valence-electron chi connectivity index (χ4n) is 1.74. The van der Waals surface area contributed by atoms with E-state index >= 15 is 0 Å². The van der Waals surface area contributed by atoms with Gasteiger partial charge in [-0.25, -0.2) is 9.59 Å². The molecule has 0 aliphatic carbocycles. The van der Waals surface area contributed by atoms with E-state index < -0.39 is 12.0 Å². The zero-order valence-electron chi connectivity index (χ0n) is 9.72. The van der Waals surface area contributed by atoms with Gasteiger partial charge < -0.3 is 20.6 Å². The number of nitrogens with two attached hydrogens (primary N) is 1. The van der Waals surface area contributed by atoms with Crippen molar-refractivity contribution in [3.8, 4) is 0 Å². The molecule has 1 rings (SSSR count). The minimum absolute atomic E-state index is 0.00577. The average molecular weight is 229 g/mol. The third-order valence-corrected chi connectivity index (χ3v) is 2.97. The summed E-state index contributed by atoms with van der Waals surface area (Å²) in [5, 5.41) is 8.81. The van der Waals surface area contributed by atoms with Crippen molar-refractivity contribution in [3.63, 3.8) is 0 Å². The molecule has 1 aliphatic heterocycles.